The van der Waals surface area contributed by atoms with E-state index < -0.39 is 0 Å². The Morgan fingerprint density at radius 1 is 0.970 bits per heavy atom. The highest BCUT2D eigenvalue weighted by Crippen LogP contribution is 2.39. The van der Waals surface area contributed by atoms with Gasteiger partial charge in [0.15, 0.2) is 11.6 Å². The molecule has 4 heteroatoms. The Hall–Kier alpha value is -2.78. The fraction of sp³-hybridized carbons (Fsp3) is 0.310. The summed E-state index contributed by atoms with van der Waals surface area (Å²) < 4.78 is 25.7. The minimum atomic E-state index is -0.363. The smallest absolute Gasteiger partial charge is 0.165 e. The Balaban J connectivity index is 1.74. The summed E-state index contributed by atoms with van der Waals surface area (Å²) >= 11 is 6.49. The van der Waals surface area contributed by atoms with Crippen LogP contribution < -0.4 is 9.47 Å². The van der Waals surface area contributed by atoms with Gasteiger partial charge in [-0.15, -0.1) is 6.58 Å². The Morgan fingerprint density at radius 3 is 2.42 bits per heavy atom. The second kappa shape index (κ2) is 11.9. The summed E-state index contributed by atoms with van der Waals surface area (Å²) in [6.45, 7) is 8.88. The van der Waals surface area contributed by atoms with Crippen molar-refractivity contribution in [2.24, 2.45) is 0 Å². The first-order valence-corrected chi connectivity index (χ1v) is 12.0. The van der Waals surface area contributed by atoms with Gasteiger partial charge in [0.1, 0.15) is 11.5 Å². The second-order valence-electron chi connectivity index (χ2n) is 8.22. The van der Waals surface area contributed by atoms with E-state index in [9.17, 15) is 4.39 Å². The molecular weight excluding hydrogens is 435 g/mol. The summed E-state index contributed by atoms with van der Waals surface area (Å²) in [4.78, 5) is 0. The number of para-hydroxylation sites is 1. The molecule has 0 aliphatic carbocycles. The van der Waals surface area contributed by atoms with Crippen LogP contribution in [0.1, 0.15) is 50.7 Å². The van der Waals surface area contributed by atoms with E-state index in [2.05, 4.69) is 25.6 Å². The zero-order chi connectivity index (χ0) is 23.7. The molecule has 1 atom stereocenters. The topological polar surface area (TPSA) is 18.5 Å². The van der Waals surface area contributed by atoms with Crippen LogP contribution in [0.3, 0.4) is 0 Å². The fourth-order valence-electron chi connectivity index (χ4n) is 4.27. The third-order valence-corrected chi connectivity index (χ3v) is 6.24. The van der Waals surface area contributed by atoms with Gasteiger partial charge in [-0.2, -0.15) is 0 Å². The van der Waals surface area contributed by atoms with Gasteiger partial charge in [0.05, 0.1) is 11.6 Å². The summed E-state index contributed by atoms with van der Waals surface area (Å²) in [6, 6.07) is 20.4. The van der Waals surface area contributed by atoms with E-state index >= 15 is 0 Å². The average Bonchev–Trinajstić information content (AvgIpc) is 2.82. The molecule has 0 fully saturated rings. The molecule has 0 bridgehead atoms. The zero-order valence-corrected chi connectivity index (χ0v) is 20.2. The van der Waals surface area contributed by atoms with E-state index in [1.807, 2.05) is 55.5 Å². The van der Waals surface area contributed by atoms with Crippen LogP contribution in [-0.4, -0.2) is 6.61 Å². The number of benzene rings is 3. The lowest BCUT2D eigenvalue weighted by atomic mass is 9.73. The molecule has 3 aromatic rings. The van der Waals surface area contributed by atoms with E-state index in [4.69, 9.17) is 21.1 Å². The minimum absolute atomic E-state index is 0.174. The lowest BCUT2D eigenvalue weighted by Crippen LogP contribution is -2.23. The van der Waals surface area contributed by atoms with Gasteiger partial charge in [0, 0.05) is 5.41 Å². The molecule has 0 amide bonds. The van der Waals surface area contributed by atoms with Crippen LogP contribution >= 0.6 is 11.6 Å². The highest BCUT2D eigenvalue weighted by molar-refractivity contribution is 6.32. The number of ether oxygens (including phenoxy) is 2. The number of hydrogen-bond donors (Lipinski definition) is 0. The van der Waals surface area contributed by atoms with E-state index in [0.29, 0.717) is 23.1 Å². The Bertz CT molecular complexity index is 1050. The molecule has 0 N–H and O–H groups in total. The molecule has 0 aliphatic heterocycles. The Morgan fingerprint density at radius 2 is 1.76 bits per heavy atom. The van der Waals surface area contributed by atoms with Gasteiger partial charge >= 0.3 is 0 Å². The predicted molar refractivity (Wildman–Crippen MR) is 135 cm³/mol. The SMILES string of the molecule is C=CC(CCC)(CCCc1ccc(F)c(Oc2ccccc2)c1)c1ccc(OCC)c(Cl)c1. The average molecular weight is 467 g/mol. The van der Waals surface area contributed by atoms with Crippen molar-refractivity contribution >= 4 is 11.6 Å². The third-order valence-electron chi connectivity index (χ3n) is 5.95. The molecule has 33 heavy (non-hydrogen) atoms. The largest absolute Gasteiger partial charge is 0.492 e. The zero-order valence-electron chi connectivity index (χ0n) is 19.5. The molecule has 0 heterocycles. The van der Waals surface area contributed by atoms with Crippen molar-refractivity contribution in [3.05, 3.63) is 101 Å². The predicted octanol–water partition coefficient (Wildman–Crippen LogP) is 8.92. The van der Waals surface area contributed by atoms with E-state index in [1.165, 1.54) is 6.07 Å². The van der Waals surface area contributed by atoms with Crippen LogP contribution in [0.5, 0.6) is 17.2 Å². The van der Waals surface area contributed by atoms with E-state index in [1.54, 1.807) is 6.07 Å². The molecule has 3 rings (SSSR count). The maximum atomic E-state index is 14.3. The fourth-order valence-corrected chi connectivity index (χ4v) is 4.50. The lowest BCUT2D eigenvalue weighted by Gasteiger charge is -2.32. The molecule has 2 nitrogen and oxygen atoms in total. The highest BCUT2D eigenvalue weighted by atomic mass is 35.5. The van der Waals surface area contributed by atoms with Crippen molar-refractivity contribution in [2.45, 2.75) is 51.4 Å². The van der Waals surface area contributed by atoms with Crippen LogP contribution in [0.2, 0.25) is 5.02 Å². The molecule has 0 aromatic heterocycles. The molecule has 0 radical (unpaired) electrons. The maximum absolute atomic E-state index is 14.3. The number of aryl methyl sites for hydroxylation is 1. The van der Waals surface area contributed by atoms with Crippen molar-refractivity contribution in [3.63, 3.8) is 0 Å². The first-order chi connectivity index (χ1) is 16.0. The molecule has 0 saturated heterocycles. The Kier molecular flexibility index (Phi) is 8.96. The second-order valence-corrected chi connectivity index (χ2v) is 8.63. The number of halogens is 2. The number of hydrogen-bond acceptors (Lipinski definition) is 2. The maximum Gasteiger partial charge on any atom is 0.165 e. The third kappa shape index (κ3) is 6.39. The molecule has 0 saturated carbocycles. The van der Waals surface area contributed by atoms with Crippen LogP contribution in [-0.2, 0) is 11.8 Å². The molecule has 1 unspecified atom stereocenters. The van der Waals surface area contributed by atoms with Gasteiger partial charge in [-0.1, -0.05) is 61.4 Å². The number of allylic oxidation sites excluding steroid dienone is 1. The van der Waals surface area contributed by atoms with Crippen molar-refractivity contribution in [2.75, 3.05) is 6.61 Å². The first kappa shape index (κ1) is 24.9. The molecular formula is C29H32ClFO2. The van der Waals surface area contributed by atoms with Gasteiger partial charge in [-0.3, -0.25) is 0 Å². The lowest BCUT2D eigenvalue weighted by molar-refractivity contribution is 0.340. The van der Waals surface area contributed by atoms with Gasteiger partial charge in [-0.05, 0) is 80.1 Å². The van der Waals surface area contributed by atoms with Gasteiger partial charge in [0.25, 0.3) is 0 Å². The summed E-state index contributed by atoms with van der Waals surface area (Å²) in [5.41, 5.74) is 2.02. The van der Waals surface area contributed by atoms with Crippen LogP contribution in [0.15, 0.2) is 79.4 Å². The van der Waals surface area contributed by atoms with E-state index in [0.717, 1.165) is 43.2 Å². The summed E-state index contributed by atoms with van der Waals surface area (Å²) in [5, 5.41) is 0.623. The monoisotopic (exact) mass is 466 g/mol. The normalized spacial score (nSPS) is 12.7. The first-order valence-electron chi connectivity index (χ1n) is 11.6. The van der Waals surface area contributed by atoms with Crippen LogP contribution in [0, 0.1) is 5.82 Å². The summed E-state index contributed by atoms with van der Waals surface area (Å²) in [6.07, 6.45) is 6.72. The quantitative estimate of drug-likeness (QED) is 0.248. The van der Waals surface area contributed by atoms with Crippen molar-refractivity contribution in [1.82, 2.24) is 0 Å². The minimum Gasteiger partial charge on any atom is -0.492 e. The van der Waals surface area contributed by atoms with Gasteiger partial charge in [-0.25, -0.2) is 4.39 Å². The standard InChI is InChI=1S/C29H32ClFO2/c1-4-18-29(5-2,23-15-17-27(32-6-3)25(30)21-23)19-10-11-22-14-16-26(31)28(20-22)33-24-12-8-7-9-13-24/h5,7-9,12-17,20-21H,2,4,6,10-11,18-19H2,1,3H3. The van der Waals surface area contributed by atoms with Crippen LogP contribution in [0.4, 0.5) is 4.39 Å². The molecule has 0 spiro atoms. The highest BCUT2D eigenvalue weighted by Gasteiger charge is 2.28. The summed E-state index contributed by atoms with van der Waals surface area (Å²) in [5.74, 6) is 1.21. The van der Waals surface area contributed by atoms with Crippen molar-refractivity contribution in [3.8, 4) is 17.2 Å². The molecule has 3 aromatic carbocycles. The van der Waals surface area contributed by atoms with Crippen molar-refractivity contribution in [1.29, 1.82) is 0 Å². The summed E-state index contributed by atoms with van der Waals surface area (Å²) in [7, 11) is 0. The van der Waals surface area contributed by atoms with E-state index in [-0.39, 0.29) is 17.0 Å². The van der Waals surface area contributed by atoms with Crippen LogP contribution in [0.25, 0.3) is 0 Å². The van der Waals surface area contributed by atoms with Crippen molar-refractivity contribution < 1.29 is 13.9 Å². The molecule has 0 aliphatic rings. The number of rotatable bonds is 12. The Labute approximate surface area is 202 Å². The molecule has 174 valence electrons. The van der Waals surface area contributed by atoms with Gasteiger partial charge in [0.2, 0.25) is 0 Å². The van der Waals surface area contributed by atoms with Gasteiger partial charge < -0.3 is 9.47 Å².